The number of halogens is 3. The first-order valence-electron chi connectivity index (χ1n) is 3.44. The van der Waals surface area contributed by atoms with Crippen molar-refractivity contribution >= 4 is 34.1 Å². The van der Waals surface area contributed by atoms with E-state index in [-0.39, 0.29) is 10.3 Å². The number of fused-ring (bicyclic) bond motifs is 1. The Balaban J connectivity index is 2.81. The van der Waals surface area contributed by atoms with Crippen LogP contribution in [0.5, 0.6) is 0 Å². The van der Waals surface area contributed by atoms with E-state index in [1.54, 1.807) is 0 Å². The summed E-state index contributed by atoms with van der Waals surface area (Å²) in [4.78, 5) is 7.60. The Labute approximate surface area is 83.3 Å². The summed E-state index contributed by atoms with van der Waals surface area (Å²) in [5, 5.41) is 0.726. The first-order valence-corrected chi connectivity index (χ1v) is 4.20. The van der Waals surface area contributed by atoms with E-state index < -0.39 is 5.82 Å². The smallest absolute Gasteiger partial charge is 0.222 e. The highest BCUT2D eigenvalue weighted by molar-refractivity contribution is 6.31. The van der Waals surface area contributed by atoms with E-state index in [9.17, 15) is 4.39 Å². The molecule has 1 aromatic carbocycles. The van der Waals surface area contributed by atoms with Crippen molar-refractivity contribution in [3.05, 3.63) is 34.5 Å². The molecule has 0 amide bonds. The average molecular weight is 217 g/mol. The van der Waals surface area contributed by atoms with Crippen molar-refractivity contribution in [3.63, 3.8) is 0 Å². The van der Waals surface area contributed by atoms with Crippen molar-refractivity contribution in [2.75, 3.05) is 0 Å². The fourth-order valence-corrected chi connectivity index (χ4v) is 1.30. The molecule has 0 aliphatic rings. The molecule has 0 spiro atoms. The van der Waals surface area contributed by atoms with Gasteiger partial charge in [-0.15, -0.1) is 0 Å². The van der Waals surface area contributed by atoms with Gasteiger partial charge in [-0.05, 0) is 23.7 Å². The van der Waals surface area contributed by atoms with Crippen LogP contribution in [-0.4, -0.2) is 9.97 Å². The summed E-state index contributed by atoms with van der Waals surface area (Å²) in [7, 11) is 0. The second-order valence-corrected chi connectivity index (χ2v) is 3.21. The molecule has 0 saturated heterocycles. The maximum absolute atomic E-state index is 12.9. The summed E-state index contributed by atoms with van der Waals surface area (Å²) >= 11 is 11.1. The minimum atomic E-state index is -0.486. The number of aromatic nitrogens is 2. The lowest BCUT2D eigenvalue weighted by atomic mass is 10.2. The standard InChI is InChI=1S/C8H3Cl2FN2/c9-5-2-7-4(1-6(5)11)3-12-8(10)13-7/h1-3H. The van der Waals surface area contributed by atoms with Crippen molar-refractivity contribution in [2.45, 2.75) is 0 Å². The Morgan fingerprint density at radius 1 is 1.23 bits per heavy atom. The van der Waals surface area contributed by atoms with Crippen molar-refractivity contribution < 1.29 is 4.39 Å². The lowest BCUT2D eigenvalue weighted by molar-refractivity contribution is 0.630. The molecule has 2 rings (SSSR count). The number of hydrogen-bond donors (Lipinski definition) is 0. The molecule has 13 heavy (non-hydrogen) atoms. The van der Waals surface area contributed by atoms with Crippen molar-refractivity contribution in [2.24, 2.45) is 0 Å². The van der Waals surface area contributed by atoms with Crippen LogP contribution in [0.4, 0.5) is 4.39 Å². The fraction of sp³-hybridized carbons (Fsp3) is 0. The van der Waals surface area contributed by atoms with E-state index >= 15 is 0 Å². The third-order valence-electron chi connectivity index (χ3n) is 1.59. The molecule has 0 saturated carbocycles. The van der Waals surface area contributed by atoms with Gasteiger partial charge in [-0.25, -0.2) is 14.4 Å². The quantitative estimate of drug-likeness (QED) is 0.633. The van der Waals surface area contributed by atoms with Crippen LogP contribution >= 0.6 is 23.2 Å². The number of benzene rings is 1. The Bertz CT molecular complexity index is 473. The molecule has 0 fully saturated rings. The summed E-state index contributed by atoms with van der Waals surface area (Å²) in [5.41, 5.74) is 0.534. The van der Waals surface area contributed by atoms with Gasteiger partial charge in [0.2, 0.25) is 5.28 Å². The Morgan fingerprint density at radius 3 is 2.77 bits per heavy atom. The largest absolute Gasteiger partial charge is 0.226 e. The molecule has 0 aliphatic heterocycles. The predicted octanol–water partition coefficient (Wildman–Crippen LogP) is 3.08. The maximum Gasteiger partial charge on any atom is 0.222 e. The zero-order valence-electron chi connectivity index (χ0n) is 6.26. The van der Waals surface area contributed by atoms with Crippen LogP contribution in [0.1, 0.15) is 0 Å². The highest BCUT2D eigenvalue weighted by Crippen LogP contribution is 2.21. The van der Waals surface area contributed by atoms with Crippen LogP contribution in [0.25, 0.3) is 10.9 Å². The van der Waals surface area contributed by atoms with E-state index in [4.69, 9.17) is 23.2 Å². The summed E-state index contributed by atoms with van der Waals surface area (Å²) < 4.78 is 12.9. The van der Waals surface area contributed by atoms with Crippen LogP contribution in [-0.2, 0) is 0 Å². The molecule has 66 valence electrons. The summed E-state index contributed by atoms with van der Waals surface area (Å²) in [6.45, 7) is 0. The van der Waals surface area contributed by atoms with E-state index in [0.717, 1.165) is 0 Å². The molecule has 2 aromatic rings. The van der Waals surface area contributed by atoms with Crippen LogP contribution in [0.3, 0.4) is 0 Å². The van der Waals surface area contributed by atoms with E-state index in [1.165, 1.54) is 18.3 Å². The molecular formula is C8H3Cl2FN2. The summed E-state index contributed by atoms with van der Waals surface area (Å²) in [6, 6.07) is 2.69. The first-order chi connectivity index (χ1) is 6.16. The normalized spacial score (nSPS) is 10.7. The minimum Gasteiger partial charge on any atom is -0.226 e. The third kappa shape index (κ3) is 1.57. The summed E-state index contributed by atoms with van der Waals surface area (Å²) in [6.07, 6.45) is 1.45. The predicted molar refractivity (Wildman–Crippen MR) is 49.5 cm³/mol. The van der Waals surface area contributed by atoms with E-state index in [0.29, 0.717) is 10.9 Å². The monoisotopic (exact) mass is 216 g/mol. The van der Waals surface area contributed by atoms with Crippen LogP contribution in [0.2, 0.25) is 10.3 Å². The van der Waals surface area contributed by atoms with Gasteiger partial charge in [0, 0.05) is 11.6 Å². The molecule has 0 atom stereocenters. The van der Waals surface area contributed by atoms with Gasteiger partial charge in [0.1, 0.15) is 5.82 Å². The molecule has 0 N–H and O–H groups in total. The second-order valence-electron chi connectivity index (χ2n) is 2.46. The lowest BCUT2D eigenvalue weighted by Gasteiger charge is -1.98. The van der Waals surface area contributed by atoms with Gasteiger partial charge in [0.05, 0.1) is 10.5 Å². The zero-order chi connectivity index (χ0) is 9.42. The second kappa shape index (κ2) is 3.09. The molecule has 1 aromatic heterocycles. The third-order valence-corrected chi connectivity index (χ3v) is 2.06. The molecular weight excluding hydrogens is 214 g/mol. The SMILES string of the molecule is Fc1cc2cnc(Cl)nc2cc1Cl. The minimum absolute atomic E-state index is 0.0299. The van der Waals surface area contributed by atoms with Gasteiger partial charge in [-0.2, -0.15) is 0 Å². The van der Waals surface area contributed by atoms with Gasteiger partial charge < -0.3 is 0 Å². The average Bonchev–Trinajstić information content (AvgIpc) is 2.08. The molecule has 0 aliphatic carbocycles. The Hall–Kier alpha value is -0.930. The molecule has 5 heteroatoms. The zero-order valence-corrected chi connectivity index (χ0v) is 7.77. The molecule has 0 bridgehead atoms. The Kier molecular flexibility index (Phi) is 2.06. The summed E-state index contributed by atoms with van der Waals surface area (Å²) in [5.74, 6) is -0.486. The molecule has 2 nitrogen and oxygen atoms in total. The van der Waals surface area contributed by atoms with E-state index in [1.807, 2.05) is 0 Å². The number of nitrogens with zero attached hydrogens (tertiary/aromatic N) is 2. The van der Waals surface area contributed by atoms with Gasteiger partial charge in [0.25, 0.3) is 0 Å². The fourth-order valence-electron chi connectivity index (χ4n) is 1.00. The van der Waals surface area contributed by atoms with Crippen molar-refractivity contribution in [3.8, 4) is 0 Å². The molecule has 0 radical (unpaired) electrons. The van der Waals surface area contributed by atoms with Crippen LogP contribution < -0.4 is 0 Å². The maximum atomic E-state index is 12.9. The van der Waals surface area contributed by atoms with Gasteiger partial charge >= 0.3 is 0 Å². The highest BCUT2D eigenvalue weighted by atomic mass is 35.5. The van der Waals surface area contributed by atoms with Gasteiger partial charge in [-0.1, -0.05) is 11.6 Å². The van der Waals surface area contributed by atoms with Crippen molar-refractivity contribution in [1.82, 2.24) is 9.97 Å². The van der Waals surface area contributed by atoms with Gasteiger partial charge in [-0.3, -0.25) is 0 Å². The topological polar surface area (TPSA) is 25.8 Å². The number of rotatable bonds is 0. The molecule has 0 unspecified atom stereocenters. The number of hydrogen-bond acceptors (Lipinski definition) is 2. The van der Waals surface area contributed by atoms with Crippen molar-refractivity contribution in [1.29, 1.82) is 0 Å². The first kappa shape index (κ1) is 8.66. The Morgan fingerprint density at radius 2 is 2.00 bits per heavy atom. The molecule has 1 heterocycles. The lowest BCUT2D eigenvalue weighted by Crippen LogP contribution is -1.86. The van der Waals surface area contributed by atoms with Crippen LogP contribution in [0.15, 0.2) is 18.3 Å². The highest BCUT2D eigenvalue weighted by Gasteiger charge is 2.03. The van der Waals surface area contributed by atoms with Crippen LogP contribution in [0, 0.1) is 5.82 Å². The van der Waals surface area contributed by atoms with Gasteiger partial charge in [0.15, 0.2) is 0 Å². The van der Waals surface area contributed by atoms with E-state index in [2.05, 4.69) is 9.97 Å².